The van der Waals surface area contributed by atoms with E-state index < -0.39 is 0 Å². The third-order valence-electron chi connectivity index (χ3n) is 3.54. The van der Waals surface area contributed by atoms with E-state index in [0.717, 1.165) is 13.1 Å². The fraction of sp³-hybridized carbons (Fsp3) is 0.571. The highest BCUT2D eigenvalue weighted by atomic mass is 16.6. The molecular formula is C14H22N2O. The van der Waals surface area contributed by atoms with Gasteiger partial charge in [0.05, 0.1) is 6.61 Å². The molecule has 1 aromatic rings. The molecule has 1 unspecified atom stereocenters. The second-order valence-corrected chi connectivity index (χ2v) is 5.18. The summed E-state index contributed by atoms with van der Waals surface area (Å²) in [7, 11) is 0. The van der Waals surface area contributed by atoms with Crippen LogP contribution in [-0.2, 0) is 4.84 Å². The maximum atomic E-state index is 5.13. The Morgan fingerprint density at radius 3 is 2.65 bits per heavy atom. The van der Waals surface area contributed by atoms with Gasteiger partial charge >= 0.3 is 0 Å². The lowest BCUT2D eigenvalue weighted by molar-refractivity contribution is 0.108. The number of hydrogen-bond donors (Lipinski definition) is 1. The largest absolute Gasteiger partial charge is 0.371 e. The molecule has 0 amide bonds. The molecule has 3 heteroatoms. The van der Waals surface area contributed by atoms with Crippen LogP contribution in [0.5, 0.6) is 0 Å². The minimum Gasteiger partial charge on any atom is -0.371 e. The monoisotopic (exact) mass is 234 g/mol. The minimum atomic E-state index is 0.574. The zero-order valence-corrected chi connectivity index (χ0v) is 10.7. The average molecular weight is 234 g/mol. The summed E-state index contributed by atoms with van der Waals surface area (Å²) < 4.78 is 0. The number of rotatable bonds is 4. The van der Waals surface area contributed by atoms with E-state index >= 15 is 0 Å². The van der Waals surface area contributed by atoms with Gasteiger partial charge in [-0.25, -0.2) is 5.90 Å². The predicted molar refractivity (Wildman–Crippen MR) is 71.0 cm³/mol. The van der Waals surface area contributed by atoms with E-state index in [1.165, 1.54) is 17.7 Å². The lowest BCUT2D eigenvalue weighted by atomic mass is 10.0. The Morgan fingerprint density at radius 2 is 2.06 bits per heavy atom. The number of nitrogens with two attached hydrogens (primary N) is 1. The number of anilines is 1. The van der Waals surface area contributed by atoms with E-state index in [-0.39, 0.29) is 0 Å². The Balaban J connectivity index is 1.99. The molecule has 1 heterocycles. The second-order valence-electron chi connectivity index (χ2n) is 5.18. The molecule has 1 atom stereocenters. The Morgan fingerprint density at radius 1 is 1.35 bits per heavy atom. The molecule has 1 fully saturated rings. The van der Waals surface area contributed by atoms with Crippen molar-refractivity contribution >= 4 is 5.69 Å². The van der Waals surface area contributed by atoms with Crippen LogP contribution in [0, 0.1) is 5.92 Å². The molecule has 1 aliphatic rings. The SMILES string of the molecule is CC(C)c1ccc(N2CCC(CON)C2)cc1. The molecule has 0 saturated carbocycles. The van der Waals surface area contributed by atoms with Gasteiger partial charge in [0.1, 0.15) is 0 Å². The van der Waals surface area contributed by atoms with Crippen molar-refractivity contribution in [1.29, 1.82) is 0 Å². The highest BCUT2D eigenvalue weighted by molar-refractivity contribution is 5.48. The summed E-state index contributed by atoms with van der Waals surface area (Å²) >= 11 is 0. The van der Waals surface area contributed by atoms with E-state index in [4.69, 9.17) is 10.7 Å². The fourth-order valence-electron chi connectivity index (χ4n) is 2.41. The van der Waals surface area contributed by atoms with Gasteiger partial charge in [0, 0.05) is 24.7 Å². The Hall–Kier alpha value is -1.06. The van der Waals surface area contributed by atoms with Gasteiger partial charge in [0.2, 0.25) is 0 Å². The first-order valence-corrected chi connectivity index (χ1v) is 6.37. The van der Waals surface area contributed by atoms with Crippen LogP contribution < -0.4 is 10.8 Å². The predicted octanol–water partition coefficient (Wildman–Crippen LogP) is 2.53. The molecule has 0 spiro atoms. The van der Waals surface area contributed by atoms with E-state index in [9.17, 15) is 0 Å². The van der Waals surface area contributed by atoms with Crippen LogP contribution in [-0.4, -0.2) is 19.7 Å². The topological polar surface area (TPSA) is 38.5 Å². The molecule has 94 valence electrons. The van der Waals surface area contributed by atoms with Crippen molar-refractivity contribution in [3.8, 4) is 0 Å². The highest BCUT2D eigenvalue weighted by Gasteiger charge is 2.22. The van der Waals surface area contributed by atoms with Crippen LogP contribution in [0.4, 0.5) is 5.69 Å². The average Bonchev–Trinajstić information content (AvgIpc) is 2.78. The van der Waals surface area contributed by atoms with E-state index in [2.05, 4.69) is 43.0 Å². The van der Waals surface area contributed by atoms with Gasteiger partial charge < -0.3 is 9.74 Å². The fourth-order valence-corrected chi connectivity index (χ4v) is 2.41. The Labute approximate surface area is 104 Å². The first kappa shape index (κ1) is 12.4. The van der Waals surface area contributed by atoms with Gasteiger partial charge in [-0.2, -0.15) is 0 Å². The van der Waals surface area contributed by atoms with Crippen LogP contribution >= 0.6 is 0 Å². The lowest BCUT2D eigenvalue weighted by Crippen LogP contribution is -2.21. The van der Waals surface area contributed by atoms with Crippen molar-refractivity contribution < 1.29 is 4.84 Å². The normalized spacial score (nSPS) is 20.2. The van der Waals surface area contributed by atoms with Gasteiger partial charge in [-0.15, -0.1) is 0 Å². The van der Waals surface area contributed by atoms with Gasteiger partial charge in [-0.05, 0) is 30.0 Å². The van der Waals surface area contributed by atoms with Gasteiger partial charge in [0.25, 0.3) is 0 Å². The van der Waals surface area contributed by atoms with Crippen molar-refractivity contribution in [2.75, 3.05) is 24.6 Å². The van der Waals surface area contributed by atoms with Crippen LogP contribution in [0.1, 0.15) is 31.7 Å². The molecule has 0 radical (unpaired) electrons. The molecule has 1 aromatic carbocycles. The summed E-state index contributed by atoms with van der Waals surface area (Å²) in [6, 6.07) is 8.90. The molecule has 3 nitrogen and oxygen atoms in total. The summed E-state index contributed by atoms with van der Waals surface area (Å²) in [6.45, 7) is 7.27. The summed E-state index contributed by atoms with van der Waals surface area (Å²) in [5, 5.41) is 0. The third kappa shape index (κ3) is 2.99. The Bertz CT molecular complexity index is 348. The van der Waals surface area contributed by atoms with Crippen molar-refractivity contribution in [2.45, 2.75) is 26.2 Å². The molecule has 0 aliphatic carbocycles. The van der Waals surface area contributed by atoms with Crippen LogP contribution in [0.25, 0.3) is 0 Å². The smallest absolute Gasteiger partial charge is 0.0724 e. The van der Waals surface area contributed by atoms with E-state index in [1.54, 1.807) is 0 Å². The zero-order chi connectivity index (χ0) is 12.3. The molecule has 17 heavy (non-hydrogen) atoms. The minimum absolute atomic E-state index is 0.574. The molecule has 1 saturated heterocycles. The third-order valence-corrected chi connectivity index (χ3v) is 3.54. The van der Waals surface area contributed by atoms with Crippen molar-refractivity contribution in [1.82, 2.24) is 0 Å². The molecular weight excluding hydrogens is 212 g/mol. The summed E-state index contributed by atoms with van der Waals surface area (Å²) in [4.78, 5) is 7.14. The molecule has 2 rings (SSSR count). The zero-order valence-electron chi connectivity index (χ0n) is 10.7. The van der Waals surface area contributed by atoms with Crippen molar-refractivity contribution in [3.05, 3.63) is 29.8 Å². The summed E-state index contributed by atoms with van der Waals surface area (Å²) in [5.41, 5.74) is 2.71. The lowest BCUT2D eigenvalue weighted by Gasteiger charge is -2.19. The van der Waals surface area contributed by atoms with E-state index in [1.807, 2.05) is 0 Å². The summed E-state index contributed by atoms with van der Waals surface area (Å²) in [6.07, 6.45) is 1.17. The number of hydrogen-bond acceptors (Lipinski definition) is 3. The Kier molecular flexibility index (Phi) is 4.02. The maximum Gasteiger partial charge on any atom is 0.0724 e. The first-order chi connectivity index (χ1) is 8.20. The highest BCUT2D eigenvalue weighted by Crippen LogP contribution is 2.25. The number of nitrogens with zero attached hydrogens (tertiary/aromatic N) is 1. The maximum absolute atomic E-state index is 5.13. The summed E-state index contributed by atoms with van der Waals surface area (Å²) in [5.74, 6) is 6.30. The molecule has 2 N–H and O–H groups in total. The standard InChI is InChI=1S/C14H22N2O/c1-11(2)13-3-5-14(6-4-13)16-8-7-12(9-16)10-17-15/h3-6,11-12H,7-10,15H2,1-2H3. The van der Waals surface area contributed by atoms with E-state index in [0.29, 0.717) is 18.4 Å². The first-order valence-electron chi connectivity index (χ1n) is 6.37. The molecule has 0 aromatic heterocycles. The number of benzene rings is 1. The van der Waals surface area contributed by atoms with Gasteiger partial charge in [0.15, 0.2) is 0 Å². The van der Waals surface area contributed by atoms with Gasteiger partial charge in [-0.1, -0.05) is 26.0 Å². The van der Waals surface area contributed by atoms with Gasteiger partial charge in [-0.3, -0.25) is 0 Å². The molecule has 0 bridgehead atoms. The second kappa shape index (κ2) is 5.52. The van der Waals surface area contributed by atoms with Crippen molar-refractivity contribution in [2.24, 2.45) is 11.8 Å². The van der Waals surface area contributed by atoms with Crippen LogP contribution in [0.2, 0.25) is 0 Å². The van der Waals surface area contributed by atoms with Crippen molar-refractivity contribution in [3.63, 3.8) is 0 Å². The molecule has 1 aliphatic heterocycles. The quantitative estimate of drug-likeness (QED) is 0.814. The van der Waals surface area contributed by atoms with Crippen LogP contribution in [0.15, 0.2) is 24.3 Å². The van der Waals surface area contributed by atoms with Crippen LogP contribution in [0.3, 0.4) is 0 Å².